The van der Waals surface area contributed by atoms with Crippen molar-refractivity contribution in [2.75, 3.05) is 19.7 Å². The Bertz CT molecular complexity index is 1190. The summed E-state index contributed by atoms with van der Waals surface area (Å²) < 4.78 is 11.5. The van der Waals surface area contributed by atoms with E-state index in [2.05, 4.69) is 65.9 Å². The molecule has 3 saturated carbocycles. The Kier molecular flexibility index (Phi) is 18.7. The molecule has 4 aliphatic carbocycles. The van der Waals surface area contributed by atoms with Gasteiger partial charge in [0, 0.05) is 19.3 Å². The maximum atomic E-state index is 12.9. The molecule has 0 aromatic carbocycles. The summed E-state index contributed by atoms with van der Waals surface area (Å²) in [6, 6.07) is 0. The fraction of sp³-hybridized carbons (Fsp3) is 0.878. The normalized spacial score (nSPS) is 31.1. The molecule has 54 heavy (non-hydrogen) atoms. The minimum Gasteiger partial charge on any atom is -0.462 e. The van der Waals surface area contributed by atoms with Crippen molar-refractivity contribution >= 4 is 11.9 Å². The van der Waals surface area contributed by atoms with Crippen LogP contribution in [0, 0.1) is 45.8 Å². The van der Waals surface area contributed by atoms with E-state index in [4.69, 9.17) is 9.47 Å². The van der Waals surface area contributed by atoms with Gasteiger partial charge in [0.1, 0.15) is 12.7 Å². The fourth-order valence-corrected chi connectivity index (χ4v) is 12.0. The molecule has 0 radical (unpaired) electrons. The number of hydrogen-bond donors (Lipinski definition) is 1. The van der Waals surface area contributed by atoms with E-state index in [1.807, 2.05) is 6.08 Å². The third-order valence-electron chi connectivity index (χ3n) is 15.6. The quantitative estimate of drug-likeness (QED) is 0.0572. The van der Waals surface area contributed by atoms with E-state index in [9.17, 15) is 9.59 Å². The Hall–Kier alpha value is -1.62. The molecule has 0 aromatic rings. The zero-order valence-corrected chi connectivity index (χ0v) is 36.4. The summed E-state index contributed by atoms with van der Waals surface area (Å²) in [6.07, 6.45) is 34.4. The van der Waals surface area contributed by atoms with Crippen LogP contribution < -0.4 is 5.32 Å². The van der Waals surface area contributed by atoms with Crippen LogP contribution in [0.3, 0.4) is 0 Å². The molecule has 0 amide bonds. The van der Waals surface area contributed by atoms with Gasteiger partial charge in [0.15, 0.2) is 0 Å². The number of nitrogens with one attached hydrogen (secondary N) is 1. The smallest absolute Gasteiger partial charge is 0.306 e. The molecule has 1 N–H and O–H groups in total. The molecule has 3 fully saturated rings. The van der Waals surface area contributed by atoms with Crippen molar-refractivity contribution in [1.29, 1.82) is 0 Å². The Morgan fingerprint density at radius 3 is 2.33 bits per heavy atom. The van der Waals surface area contributed by atoms with Crippen LogP contribution >= 0.6 is 0 Å². The van der Waals surface area contributed by atoms with Crippen LogP contribution in [0.1, 0.15) is 203 Å². The average Bonchev–Trinajstić information content (AvgIpc) is 3.49. The molecular formula is C49H85NO4. The van der Waals surface area contributed by atoms with E-state index in [1.54, 1.807) is 5.57 Å². The lowest BCUT2D eigenvalue weighted by atomic mass is 9.40. The Morgan fingerprint density at radius 1 is 0.796 bits per heavy atom. The zero-order chi connectivity index (χ0) is 39.0. The van der Waals surface area contributed by atoms with Gasteiger partial charge in [-0.15, -0.1) is 0 Å². The van der Waals surface area contributed by atoms with Gasteiger partial charge < -0.3 is 14.8 Å². The molecule has 4 rings (SSSR count). The van der Waals surface area contributed by atoms with E-state index in [-0.39, 0.29) is 23.5 Å². The number of fused-ring (bicyclic) bond motifs is 5. The third-order valence-corrected chi connectivity index (χ3v) is 15.6. The van der Waals surface area contributed by atoms with Crippen LogP contribution in [-0.4, -0.2) is 37.7 Å². The summed E-state index contributed by atoms with van der Waals surface area (Å²) in [6.45, 7) is 19.7. The molecule has 5 nitrogen and oxygen atoms in total. The maximum absolute atomic E-state index is 12.9. The number of carbonyl (C=O) groups is 2. The highest BCUT2D eigenvalue weighted by Gasteiger charge is 2.64. The van der Waals surface area contributed by atoms with Gasteiger partial charge in [0.2, 0.25) is 0 Å². The summed E-state index contributed by atoms with van der Waals surface area (Å²) in [5.74, 6) is 4.12. The predicted molar refractivity (Wildman–Crippen MR) is 226 cm³/mol. The molecule has 0 heterocycles. The molecule has 0 saturated heterocycles. The number of unbranched alkanes of at least 4 members (excludes halogenated alkanes) is 8. The lowest BCUT2D eigenvalue weighted by molar-refractivity contribution is -0.154. The van der Waals surface area contributed by atoms with Gasteiger partial charge in [-0.05, 0) is 136 Å². The van der Waals surface area contributed by atoms with E-state index in [0.29, 0.717) is 30.3 Å². The maximum Gasteiger partial charge on any atom is 0.306 e. The summed E-state index contributed by atoms with van der Waals surface area (Å²) in [4.78, 5) is 24.8. The second-order valence-corrected chi connectivity index (χ2v) is 19.6. The van der Waals surface area contributed by atoms with Crippen LogP contribution in [0.4, 0.5) is 0 Å². The number of esters is 2. The highest BCUT2D eigenvalue weighted by molar-refractivity contribution is 5.69. The SMILES string of the molecule is CCCCCC/C=C\COC(=O)CCCCCCCNCCCC(=O)O[C@H]1CC[C@@]2(C)C(=CC[C@H]3[C@@H]4CC[C@H]([C@H](C)CCCC(C)C)[C@@]4(C)CC[C@@]32C)C1. The van der Waals surface area contributed by atoms with Crippen molar-refractivity contribution in [3.8, 4) is 0 Å². The topological polar surface area (TPSA) is 64.6 Å². The van der Waals surface area contributed by atoms with Crippen molar-refractivity contribution in [1.82, 2.24) is 5.32 Å². The van der Waals surface area contributed by atoms with Crippen LogP contribution in [0.2, 0.25) is 0 Å². The van der Waals surface area contributed by atoms with Gasteiger partial charge in [-0.2, -0.15) is 0 Å². The van der Waals surface area contributed by atoms with Crippen LogP contribution in [-0.2, 0) is 19.1 Å². The first kappa shape index (κ1) is 45.1. The molecule has 8 atom stereocenters. The van der Waals surface area contributed by atoms with Gasteiger partial charge >= 0.3 is 11.9 Å². The minimum atomic E-state index is -0.0760. The van der Waals surface area contributed by atoms with Crippen molar-refractivity contribution in [3.63, 3.8) is 0 Å². The first-order valence-corrected chi connectivity index (χ1v) is 23.3. The molecule has 0 aliphatic heterocycles. The predicted octanol–water partition coefficient (Wildman–Crippen LogP) is 13.1. The van der Waals surface area contributed by atoms with Crippen LogP contribution in [0.5, 0.6) is 0 Å². The second-order valence-electron chi connectivity index (χ2n) is 19.6. The molecule has 0 bridgehead atoms. The van der Waals surface area contributed by atoms with Crippen molar-refractivity contribution < 1.29 is 19.1 Å². The minimum absolute atomic E-state index is 0.0178. The highest BCUT2D eigenvalue weighted by Crippen LogP contribution is 2.72. The lowest BCUT2D eigenvalue weighted by Crippen LogP contribution is -2.57. The van der Waals surface area contributed by atoms with Crippen molar-refractivity contribution in [2.45, 2.75) is 209 Å². The van der Waals surface area contributed by atoms with E-state index < -0.39 is 0 Å². The molecule has 0 spiro atoms. The second kappa shape index (κ2) is 22.4. The highest BCUT2D eigenvalue weighted by atomic mass is 16.5. The van der Waals surface area contributed by atoms with E-state index >= 15 is 0 Å². The molecule has 5 heteroatoms. The summed E-state index contributed by atoms with van der Waals surface area (Å²) in [5, 5.41) is 3.52. The van der Waals surface area contributed by atoms with Gasteiger partial charge in [-0.25, -0.2) is 0 Å². The molecule has 0 aromatic heterocycles. The average molecular weight is 752 g/mol. The van der Waals surface area contributed by atoms with Crippen molar-refractivity contribution in [3.05, 3.63) is 23.8 Å². The van der Waals surface area contributed by atoms with Crippen LogP contribution in [0.15, 0.2) is 23.8 Å². The van der Waals surface area contributed by atoms with Gasteiger partial charge in [0.25, 0.3) is 0 Å². The molecule has 4 aliphatic rings. The Balaban J connectivity index is 1.06. The van der Waals surface area contributed by atoms with Crippen molar-refractivity contribution in [2.24, 2.45) is 45.8 Å². The molecule has 0 unspecified atom stereocenters. The number of hydrogen-bond acceptors (Lipinski definition) is 5. The van der Waals surface area contributed by atoms with Gasteiger partial charge in [-0.1, -0.05) is 130 Å². The number of ether oxygens (including phenoxy) is 2. The number of carbonyl (C=O) groups excluding carboxylic acids is 2. The molecular weight excluding hydrogens is 667 g/mol. The monoisotopic (exact) mass is 752 g/mol. The van der Waals surface area contributed by atoms with Crippen LogP contribution in [0.25, 0.3) is 0 Å². The van der Waals surface area contributed by atoms with Gasteiger partial charge in [-0.3, -0.25) is 9.59 Å². The summed E-state index contributed by atoms with van der Waals surface area (Å²) in [7, 11) is 0. The molecule has 310 valence electrons. The Morgan fingerprint density at radius 2 is 1.54 bits per heavy atom. The standard InChI is InChI=1S/C49H85NO4/c1-8-9-10-11-12-16-19-36-53-45(51)24-17-14-13-15-18-34-50-35-21-25-46(52)54-41-30-31-48(6)40(37-41)26-27-44-43-29-28-42(39(4)23-20-22-38(2)3)47(43,5)32-33-49(44,48)7/h16,19,26,38-39,41-44,50H,8-15,17-18,20-25,27-37H2,1-7H3/b19-16-/t39-,41+,42-,43+,44+,47-,48+,49+/m1/s1. The third kappa shape index (κ3) is 12.2. The zero-order valence-electron chi connectivity index (χ0n) is 36.4. The van der Waals surface area contributed by atoms with E-state index in [1.165, 1.54) is 83.5 Å². The number of allylic oxidation sites excluding steroid dienone is 2. The lowest BCUT2D eigenvalue weighted by Gasteiger charge is -2.64. The van der Waals surface area contributed by atoms with Gasteiger partial charge in [0.05, 0.1) is 0 Å². The van der Waals surface area contributed by atoms with E-state index in [0.717, 1.165) is 100 Å². The fourth-order valence-electron chi connectivity index (χ4n) is 12.0. The Labute approximate surface area is 333 Å². The number of rotatable bonds is 25. The first-order chi connectivity index (χ1) is 25.9. The first-order valence-electron chi connectivity index (χ1n) is 23.3. The summed E-state index contributed by atoms with van der Waals surface area (Å²) >= 11 is 0. The largest absolute Gasteiger partial charge is 0.462 e. The summed E-state index contributed by atoms with van der Waals surface area (Å²) in [5.41, 5.74) is 2.70.